The highest BCUT2D eigenvalue weighted by Gasteiger charge is 2.10. The van der Waals surface area contributed by atoms with Gasteiger partial charge in [-0.15, -0.1) is 34.2 Å². The van der Waals surface area contributed by atoms with E-state index < -0.39 is 0 Å². The number of anilines is 1. The van der Waals surface area contributed by atoms with E-state index in [0.717, 1.165) is 42.9 Å². The lowest BCUT2D eigenvalue weighted by atomic mass is 10.2. The van der Waals surface area contributed by atoms with Gasteiger partial charge in [-0.05, 0) is 43.0 Å². The lowest BCUT2D eigenvalue weighted by Gasteiger charge is -2.23. The number of benzene rings is 1. The summed E-state index contributed by atoms with van der Waals surface area (Å²) in [6.45, 7) is 4.14. The molecule has 0 amide bonds. The predicted molar refractivity (Wildman–Crippen MR) is 136 cm³/mol. The molecular formula is C20H34IN7S. The normalized spacial score (nSPS) is 11.2. The second-order valence-corrected chi connectivity index (χ2v) is 8.04. The number of aromatic nitrogens is 3. The van der Waals surface area contributed by atoms with E-state index in [-0.39, 0.29) is 24.0 Å². The number of aliphatic imine (C=N–C) groups is 1. The lowest BCUT2D eigenvalue weighted by Crippen LogP contribution is -2.39. The molecule has 0 saturated heterocycles. The van der Waals surface area contributed by atoms with E-state index >= 15 is 0 Å². The summed E-state index contributed by atoms with van der Waals surface area (Å²) in [7, 11) is 8.17. The summed E-state index contributed by atoms with van der Waals surface area (Å²) >= 11 is 1.86. The summed E-state index contributed by atoms with van der Waals surface area (Å²) in [5.74, 6) is 3.78. The molecule has 7 nitrogen and oxygen atoms in total. The quantitative estimate of drug-likeness (QED) is 0.232. The average Bonchev–Trinajstić information content (AvgIpc) is 2.99. The third kappa shape index (κ3) is 8.04. The monoisotopic (exact) mass is 531 g/mol. The highest BCUT2D eigenvalue weighted by atomic mass is 127. The van der Waals surface area contributed by atoms with Crippen molar-refractivity contribution in [1.29, 1.82) is 0 Å². The summed E-state index contributed by atoms with van der Waals surface area (Å²) < 4.78 is 1.98. The minimum Gasteiger partial charge on any atom is -0.378 e. The van der Waals surface area contributed by atoms with Crippen LogP contribution in [0.15, 0.2) is 29.3 Å². The van der Waals surface area contributed by atoms with Crippen LogP contribution in [0.3, 0.4) is 0 Å². The van der Waals surface area contributed by atoms with E-state index in [9.17, 15) is 0 Å². The van der Waals surface area contributed by atoms with Crippen LogP contribution in [0.1, 0.15) is 23.6 Å². The van der Waals surface area contributed by atoms with E-state index in [1.54, 1.807) is 0 Å². The standard InChI is InChI=1S/C20H33N7S.HI/c1-16-23-24-19(27(16)5)14-22-20(21-11-8-12-28-6)26(4)15-17-9-7-10-18(13-17)25(2)3;/h7,9-10,13H,8,11-12,14-15H2,1-6H3,(H,21,22);1H. The van der Waals surface area contributed by atoms with Gasteiger partial charge in [-0.3, -0.25) is 0 Å². The van der Waals surface area contributed by atoms with E-state index in [2.05, 4.69) is 77.0 Å². The molecule has 2 rings (SSSR count). The molecule has 0 atom stereocenters. The summed E-state index contributed by atoms with van der Waals surface area (Å²) in [5.41, 5.74) is 2.45. The fraction of sp³-hybridized carbons (Fsp3) is 0.550. The van der Waals surface area contributed by atoms with Crippen LogP contribution in [0.5, 0.6) is 0 Å². The van der Waals surface area contributed by atoms with Gasteiger partial charge in [0.25, 0.3) is 0 Å². The third-order valence-electron chi connectivity index (χ3n) is 4.57. The largest absolute Gasteiger partial charge is 0.378 e. The maximum absolute atomic E-state index is 4.81. The van der Waals surface area contributed by atoms with Crippen molar-refractivity contribution in [3.63, 3.8) is 0 Å². The number of nitrogens with one attached hydrogen (secondary N) is 1. The summed E-state index contributed by atoms with van der Waals surface area (Å²) in [6.07, 6.45) is 3.24. The van der Waals surface area contributed by atoms with Crippen molar-refractivity contribution >= 4 is 47.4 Å². The van der Waals surface area contributed by atoms with Crippen molar-refractivity contribution in [3.05, 3.63) is 41.5 Å². The summed E-state index contributed by atoms with van der Waals surface area (Å²) in [6, 6.07) is 8.59. The SMILES string of the molecule is CSCCCNC(=NCc1nnc(C)n1C)N(C)Cc1cccc(N(C)C)c1.I. The zero-order valence-corrected chi connectivity index (χ0v) is 21.5. The Hall–Kier alpha value is -1.49. The predicted octanol–water partition coefficient (Wildman–Crippen LogP) is 3.14. The topological polar surface area (TPSA) is 61.6 Å². The van der Waals surface area contributed by atoms with Crippen molar-refractivity contribution in [2.75, 3.05) is 44.6 Å². The minimum atomic E-state index is 0. The third-order valence-corrected chi connectivity index (χ3v) is 5.27. The molecule has 0 bridgehead atoms. The Morgan fingerprint density at radius 2 is 2.00 bits per heavy atom. The van der Waals surface area contributed by atoms with E-state index in [1.165, 1.54) is 11.3 Å². The van der Waals surface area contributed by atoms with Crippen molar-refractivity contribution in [1.82, 2.24) is 25.0 Å². The van der Waals surface area contributed by atoms with Gasteiger partial charge >= 0.3 is 0 Å². The van der Waals surface area contributed by atoms with Crippen molar-refractivity contribution in [2.24, 2.45) is 12.0 Å². The first kappa shape index (κ1) is 25.5. The van der Waals surface area contributed by atoms with Crippen LogP contribution in [-0.4, -0.2) is 65.3 Å². The Kier molecular flexibility index (Phi) is 11.4. The maximum atomic E-state index is 4.81. The van der Waals surface area contributed by atoms with E-state index in [4.69, 9.17) is 4.99 Å². The number of aryl methyl sites for hydroxylation is 1. The fourth-order valence-electron chi connectivity index (χ4n) is 2.74. The van der Waals surface area contributed by atoms with E-state index in [1.807, 2.05) is 30.3 Å². The highest BCUT2D eigenvalue weighted by Crippen LogP contribution is 2.15. The maximum Gasteiger partial charge on any atom is 0.194 e. The second-order valence-electron chi connectivity index (χ2n) is 7.06. The van der Waals surface area contributed by atoms with Crippen LogP contribution < -0.4 is 10.2 Å². The minimum absolute atomic E-state index is 0. The summed E-state index contributed by atoms with van der Waals surface area (Å²) in [4.78, 5) is 9.09. The van der Waals surface area contributed by atoms with Gasteiger partial charge in [-0.25, -0.2) is 4.99 Å². The van der Waals surface area contributed by atoms with Gasteiger partial charge in [-0.1, -0.05) is 12.1 Å². The zero-order valence-electron chi connectivity index (χ0n) is 18.3. The summed E-state index contributed by atoms with van der Waals surface area (Å²) in [5, 5.41) is 11.8. The number of guanidine groups is 1. The number of hydrogen-bond acceptors (Lipinski definition) is 5. The molecule has 0 spiro atoms. The van der Waals surface area contributed by atoms with Crippen LogP contribution >= 0.6 is 35.7 Å². The van der Waals surface area contributed by atoms with Crippen molar-refractivity contribution in [3.8, 4) is 0 Å². The molecule has 0 unspecified atom stereocenters. The Morgan fingerprint density at radius 3 is 2.62 bits per heavy atom. The first-order chi connectivity index (χ1) is 13.4. The van der Waals surface area contributed by atoms with Crippen LogP contribution in [0, 0.1) is 6.92 Å². The number of thioether (sulfide) groups is 1. The van der Waals surface area contributed by atoms with Gasteiger partial charge in [0.2, 0.25) is 0 Å². The number of rotatable bonds is 9. The second kappa shape index (κ2) is 12.9. The Bertz CT molecular complexity index is 776. The molecule has 1 aromatic heterocycles. The Morgan fingerprint density at radius 1 is 1.24 bits per heavy atom. The van der Waals surface area contributed by atoms with Crippen LogP contribution in [0.2, 0.25) is 0 Å². The number of hydrogen-bond donors (Lipinski definition) is 1. The molecular weight excluding hydrogens is 497 g/mol. The van der Waals surface area contributed by atoms with Gasteiger partial charge in [0.1, 0.15) is 12.4 Å². The highest BCUT2D eigenvalue weighted by molar-refractivity contribution is 14.0. The molecule has 9 heteroatoms. The van der Waals surface area contributed by atoms with Gasteiger partial charge in [0.15, 0.2) is 11.8 Å². The smallest absolute Gasteiger partial charge is 0.194 e. The van der Waals surface area contributed by atoms with Crippen molar-refractivity contribution in [2.45, 2.75) is 26.4 Å². The first-order valence-corrected chi connectivity index (χ1v) is 10.9. The Labute approximate surface area is 196 Å². The molecule has 1 heterocycles. The molecule has 2 aromatic rings. The zero-order chi connectivity index (χ0) is 20.5. The lowest BCUT2D eigenvalue weighted by molar-refractivity contribution is 0.474. The van der Waals surface area contributed by atoms with E-state index in [0.29, 0.717) is 6.54 Å². The van der Waals surface area contributed by atoms with Crippen molar-refractivity contribution < 1.29 is 0 Å². The van der Waals surface area contributed by atoms with Gasteiger partial charge < -0.3 is 19.7 Å². The van der Waals surface area contributed by atoms with Gasteiger partial charge in [0, 0.05) is 47.0 Å². The average molecular weight is 532 g/mol. The molecule has 29 heavy (non-hydrogen) atoms. The van der Waals surface area contributed by atoms with Crippen LogP contribution in [-0.2, 0) is 20.1 Å². The molecule has 0 aliphatic carbocycles. The Balaban J connectivity index is 0.00000420. The number of halogens is 1. The first-order valence-electron chi connectivity index (χ1n) is 9.52. The molecule has 0 radical (unpaired) electrons. The molecule has 1 N–H and O–H groups in total. The molecule has 0 saturated carbocycles. The van der Waals surface area contributed by atoms with Gasteiger partial charge in [-0.2, -0.15) is 11.8 Å². The van der Waals surface area contributed by atoms with Gasteiger partial charge in [0.05, 0.1) is 0 Å². The molecule has 162 valence electrons. The molecule has 0 aliphatic rings. The fourth-order valence-corrected chi connectivity index (χ4v) is 3.18. The number of nitrogens with zero attached hydrogens (tertiary/aromatic N) is 6. The van der Waals surface area contributed by atoms with Crippen LogP contribution in [0.25, 0.3) is 0 Å². The van der Waals surface area contributed by atoms with Crippen LogP contribution in [0.4, 0.5) is 5.69 Å². The molecule has 0 aliphatic heterocycles. The molecule has 1 aromatic carbocycles. The molecule has 0 fully saturated rings.